The molecule has 0 aromatic heterocycles. The van der Waals surface area contributed by atoms with Crippen LogP contribution in [0, 0.1) is 0 Å². The third-order valence-corrected chi connectivity index (χ3v) is 3.69. The molecular formula is C12H16ClNO2S. The lowest BCUT2D eigenvalue weighted by Crippen LogP contribution is -2.19. The van der Waals surface area contributed by atoms with E-state index in [0.717, 1.165) is 5.56 Å². The molecule has 3 nitrogen and oxygen atoms in total. The van der Waals surface area contributed by atoms with Crippen molar-refractivity contribution in [3.63, 3.8) is 0 Å². The number of nitrogens with zero attached hydrogens (tertiary/aromatic N) is 1. The van der Waals surface area contributed by atoms with E-state index in [1.165, 1.54) is 6.21 Å². The normalized spacial score (nSPS) is 13.9. The van der Waals surface area contributed by atoms with E-state index < -0.39 is 11.0 Å². The molecule has 0 unspecified atom stereocenters. The highest BCUT2D eigenvalue weighted by Crippen LogP contribution is 2.21. The molecule has 94 valence electrons. The molecule has 1 aromatic carbocycles. The van der Waals surface area contributed by atoms with Crippen LogP contribution in [0.1, 0.15) is 26.3 Å². The molecule has 0 radical (unpaired) electrons. The summed E-state index contributed by atoms with van der Waals surface area (Å²) in [4.78, 5) is 0. The van der Waals surface area contributed by atoms with Gasteiger partial charge >= 0.3 is 0 Å². The molecule has 0 fully saturated rings. The van der Waals surface area contributed by atoms with Crippen LogP contribution in [-0.2, 0) is 11.0 Å². The van der Waals surface area contributed by atoms with E-state index in [1.54, 1.807) is 25.3 Å². The second-order valence-corrected chi connectivity index (χ2v) is 6.82. The first-order valence-electron chi connectivity index (χ1n) is 5.14. The number of ether oxygens (including phenoxy) is 1. The summed E-state index contributed by atoms with van der Waals surface area (Å²) in [6.07, 6.45) is 1.53. The minimum atomic E-state index is -1.27. The fourth-order valence-electron chi connectivity index (χ4n) is 1.00. The average molecular weight is 274 g/mol. The lowest BCUT2D eigenvalue weighted by atomic mass is 10.2. The van der Waals surface area contributed by atoms with Crippen LogP contribution >= 0.6 is 11.6 Å². The summed E-state index contributed by atoms with van der Waals surface area (Å²) in [6, 6.07) is 5.26. The Balaban J connectivity index is 2.89. The Bertz CT molecular complexity index is 452. The maximum atomic E-state index is 11.7. The molecule has 0 aliphatic carbocycles. The molecule has 1 atom stereocenters. The summed E-state index contributed by atoms with van der Waals surface area (Å²) in [5.41, 5.74) is 0.727. The Hall–Kier alpha value is -0.870. The smallest absolute Gasteiger partial charge is 0.144 e. The molecule has 17 heavy (non-hydrogen) atoms. The first-order valence-corrected chi connectivity index (χ1v) is 6.62. The Morgan fingerprint density at radius 1 is 1.41 bits per heavy atom. The molecule has 1 rings (SSSR count). The Morgan fingerprint density at radius 3 is 2.53 bits per heavy atom. The fourth-order valence-corrected chi connectivity index (χ4v) is 1.75. The number of benzene rings is 1. The molecule has 0 saturated heterocycles. The van der Waals surface area contributed by atoms with Gasteiger partial charge in [-0.05, 0) is 39.0 Å². The lowest BCUT2D eigenvalue weighted by molar-refractivity contribution is 0.415. The summed E-state index contributed by atoms with van der Waals surface area (Å²) >= 11 is 6.04. The Kier molecular flexibility index (Phi) is 4.71. The third kappa shape index (κ3) is 4.13. The summed E-state index contributed by atoms with van der Waals surface area (Å²) in [5, 5.41) is 0.527. The second kappa shape index (κ2) is 5.65. The predicted octanol–water partition coefficient (Wildman–Crippen LogP) is 3.23. The van der Waals surface area contributed by atoms with Gasteiger partial charge in [-0.25, -0.2) is 4.21 Å². The zero-order valence-corrected chi connectivity index (χ0v) is 11.9. The molecule has 0 bridgehead atoms. The highest BCUT2D eigenvalue weighted by molar-refractivity contribution is 7.85. The van der Waals surface area contributed by atoms with E-state index in [0.29, 0.717) is 10.8 Å². The molecule has 0 amide bonds. The number of halogens is 1. The number of rotatable bonds is 3. The molecule has 0 heterocycles. The molecule has 5 heteroatoms. The minimum absolute atomic E-state index is 0.366. The predicted molar refractivity (Wildman–Crippen MR) is 73.5 cm³/mol. The van der Waals surface area contributed by atoms with Crippen LogP contribution < -0.4 is 4.74 Å². The highest BCUT2D eigenvalue weighted by Gasteiger charge is 2.18. The number of hydrogen-bond donors (Lipinski definition) is 0. The quantitative estimate of drug-likeness (QED) is 0.793. The van der Waals surface area contributed by atoms with Gasteiger partial charge in [-0.1, -0.05) is 11.6 Å². The van der Waals surface area contributed by atoms with Crippen molar-refractivity contribution in [3.8, 4) is 5.75 Å². The van der Waals surface area contributed by atoms with E-state index in [2.05, 4.69) is 4.40 Å². The molecule has 0 aliphatic rings. The van der Waals surface area contributed by atoms with Gasteiger partial charge in [0, 0.05) is 11.8 Å². The van der Waals surface area contributed by atoms with Gasteiger partial charge in [-0.3, -0.25) is 0 Å². The van der Waals surface area contributed by atoms with Crippen molar-refractivity contribution in [1.29, 1.82) is 0 Å². The van der Waals surface area contributed by atoms with Crippen molar-refractivity contribution in [1.82, 2.24) is 0 Å². The zero-order valence-electron chi connectivity index (χ0n) is 10.4. The van der Waals surface area contributed by atoms with Crippen molar-refractivity contribution >= 4 is 28.8 Å². The van der Waals surface area contributed by atoms with E-state index in [1.807, 2.05) is 20.8 Å². The fraction of sp³-hybridized carbons (Fsp3) is 0.417. The standard InChI is InChI=1S/C12H16ClNO2S/c1-12(2,3)17(15)14-8-9-5-6-10(16-4)7-11(9)13/h5-8H,1-4H3/t17-/m1/s1. The van der Waals surface area contributed by atoms with Gasteiger partial charge in [0.25, 0.3) is 0 Å². The van der Waals surface area contributed by atoms with E-state index in [-0.39, 0.29) is 4.75 Å². The second-order valence-electron chi connectivity index (χ2n) is 4.48. The zero-order chi connectivity index (χ0) is 13.1. The SMILES string of the molecule is COc1ccc(C=N[S@](=O)C(C)(C)C)c(Cl)c1. The van der Waals surface area contributed by atoms with Gasteiger partial charge in [-0.2, -0.15) is 4.40 Å². The van der Waals surface area contributed by atoms with Crippen molar-refractivity contribution in [2.24, 2.45) is 4.40 Å². The summed E-state index contributed by atoms with van der Waals surface area (Å²) in [6.45, 7) is 5.61. The largest absolute Gasteiger partial charge is 0.497 e. The van der Waals surface area contributed by atoms with Crippen LogP contribution in [-0.4, -0.2) is 22.3 Å². The van der Waals surface area contributed by atoms with E-state index >= 15 is 0 Å². The van der Waals surface area contributed by atoms with Gasteiger partial charge in [-0.15, -0.1) is 0 Å². The maximum absolute atomic E-state index is 11.7. The lowest BCUT2D eigenvalue weighted by Gasteiger charge is -2.12. The highest BCUT2D eigenvalue weighted by atomic mass is 35.5. The Morgan fingerprint density at radius 2 is 2.06 bits per heavy atom. The maximum Gasteiger partial charge on any atom is 0.144 e. The first kappa shape index (κ1) is 14.2. The van der Waals surface area contributed by atoms with Crippen molar-refractivity contribution in [2.75, 3.05) is 7.11 Å². The number of methoxy groups -OCH3 is 1. The van der Waals surface area contributed by atoms with Crippen molar-refractivity contribution < 1.29 is 8.95 Å². The van der Waals surface area contributed by atoms with Gasteiger partial charge < -0.3 is 4.74 Å². The van der Waals surface area contributed by atoms with Gasteiger partial charge in [0.2, 0.25) is 0 Å². The molecule has 0 saturated carbocycles. The van der Waals surface area contributed by atoms with Crippen LogP contribution in [0.15, 0.2) is 22.6 Å². The number of hydrogen-bond acceptors (Lipinski definition) is 2. The van der Waals surface area contributed by atoms with Crippen molar-refractivity contribution in [2.45, 2.75) is 25.5 Å². The van der Waals surface area contributed by atoms with Gasteiger partial charge in [0.05, 0.1) is 16.9 Å². The molecule has 1 aromatic rings. The van der Waals surface area contributed by atoms with E-state index in [9.17, 15) is 4.21 Å². The van der Waals surface area contributed by atoms with Gasteiger partial charge in [0.15, 0.2) is 0 Å². The van der Waals surface area contributed by atoms with Crippen molar-refractivity contribution in [3.05, 3.63) is 28.8 Å². The topological polar surface area (TPSA) is 38.7 Å². The molecular weight excluding hydrogens is 258 g/mol. The van der Waals surface area contributed by atoms with E-state index in [4.69, 9.17) is 16.3 Å². The van der Waals surface area contributed by atoms with Crippen LogP contribution in [0.3, 0.4) is 0 Å². The van der Waals surface area contributed by atoms with Crippen LogP contribution in [0.5, 0.6) is 5.75 Å². The summed E-state index contributed by atoms with van der Waals surface area (Å²) in [7, 11) is 0.304. The van der Waals surface area contributed by atoms with Crippen LogP contribution in [0.4, 0.5) is 0 Å². The van der Waals surface area contributed by atoms with Crippen LogP contribution in [0.2, 0.25) is 5.02 Å². The first-order chi connectivity index (χ1) is 7.84. The monoisotopic (exact) mass is 273 g/mol. The van der Waals surface area contributed by atoms with Gasteiger partial charge in [0.1, 0.15) is 16.7 Å². The molecule has 0 aliphatic heterocycles. The Labute approximate surface area is 109 Å². The molecule has 0 spiro atoms. The average Bonchev–Trinajstić information content (AvgIpc) is 2.25. The third-order valence-electron chi connectivity index (χ3n) is 2.02. The molecule has 0 N–H and O–H groups in total. The summed E-state index contributed by atoms with van der Waals surface area (Å²) < 4.78 is 20.4. The van der Waals surface area contributed by atoms with Crippen LogP contribution in [0.25, 0.3) is 0 Å². The minimum Gasteiger partial charge on any atom is -0.497 e. The summed E-state index contributed by atoms with van der Waals surface area (Å²) in [5.74, 6) is 0.684.